The van der Waals surface area contributed by atoms with E-state index in [1.54, 1.807) is 0 Å². The van der Waals surface area contributed by atoms with Gasteiger partial charge in [-0.25, -0.2) is 9.50 Å². The molecule has 20 heavy (non-hydrogen) atoms. The van der Waals surface area contributed by atoms with Crippen LogP contribution in [0.2, 0.25) is 0 Å². The van der Waals surface area contributed by atoms with Crippen LogP contribution < -0.4 is 0 Å². The summed E-state index contributed by atoms with van der Waals surface area (Å²) in [6.07, 6.45) is -3.77. The average Bonchev–Trinajstić information content (AvgIpc) is 2.86. The summed E-state index contributed by atoms with van der Waals surface area (Å²) in [6.45, 7) is 1.00. The fourth-order valence-electron chi connectivity index (χ4n) is 2.71. The molecule has 0 N–H and O–H groups in total. The maximum Gasteiger partial charge on any atom is 0.399 e. The minimum absolute atomic E-state index is 0.00434. The first-order valence-electron chi connectivity index (χ1n) is 5.79. The Kier molecular flexibility index (Phi) is 2.37. The summed E-state index contributed by atoms with van der Waals surface area (Å²) in [5.74, 6) is -1.84. The van der Waals surface area contributed by atoms with Crippen LogP contribution in [0.15, 0.2) is 12.3 Å². The van der Waals surface area contributed by atoms with E-state index in [0.717, 1.165) is 17.5 Å². The summed E-state index contributed by atoms with van der Waals surface area (Å²) in [5.41, 5.74) is -2.30. The molecule has 0 radical (unpaired) electrons. The van der Waals surface area contributed by atoms with Gasteiger partial charge >= 0.3 is 6.18 Å². The highest BCUT2D eigenvalue weighted by Gasteiger charge is 2.59. The molecule has 0 amide bonds. The Morgan fingerprint density at radius 2 is 2.20 bits per heavy atom. The molecule has 8 heteroatoms. The van der Waals surface area contributed by atoms with E-state index in [9.17, 15) is 17.6 Å². The maximum absolute atomic E-state index is 13.4. The molecule has 0 aromatic carbocycles. The van der Waals surface area contributed by atoms with Gasteiger partial charge < -0.3 is 0 Å². The Balaban J connectivity index is 2.39. The van der Waals surface area contributed by atoms with Gasteiger partial charge in [0.25, 0.3) is 0 Å². The molecule has 0 saturated carbocycles. The normalized spacial score (nSPS) is 25.7. The SMILES string of the molecule is CC1(C(F)(F)F)CC(C#N)c2cnc3cc(F)nn3c21. The van der Waals surface area contributed by atoms with Crippen LogP contribution in [0.1, 0.15) is 30.5 Å². The van der Waals surface area contributed by atoms with Crippen molar-refractivity contribution in [3.8, 4) is 6.07 Å². The van der Waals surface area contributed by atoms with E-state index in [2.05, 4.69) is 10.1 Å². The van der Waals surface area contributed by atoms with Crippen LogP contribution in [0.25, 0.3) is 5.65 Å². The van der Waals surface area contributed by atoms with Crippen molar-refractivity contribution in [2.24, 2.45) is 0 Å². The van der Waals surface area contributed by atoms with Gasteiger partial charge in [0.05, 0.1) is 17.7 Å². The molecule has 1 aliphatic carbocycles. The summed E-state index contributed by atoms with van der Waals surface area (Å²) in [5, 5.41) is 12.5. The molecule has 4 nitrogen and oxygen atoms in total. The molecule has 2 heterocycles. The molecule has 0 saturated heterocycles. The van der Waals surface area contributed by atoms with Crippen LogP contribution >= 0.6 is 0 Å². The Bertz CT molecular complexity index is 742. The molecular formula is C12H8F4N4. The number of halogens is 4. The Morgan fingerprint density at radius 1 is 1.50 bits per heavy atom. The fraction of sp³-hybridized carbons (Fsp3) is 0.417. The lowest BCUT2D eigenvalue weighted by Crippen LogP contribution is -2.39. The molecule has 2 aromatic heterocycles. The summed E-state index contributed by atoms with van der Waals surface area (Å²) >= 11 is 0. The van der Waals surface area contributed by atoms with Crippen LogP contribution in [-0.2, 0) is 5.41 Å². The van der Waals surface area contributed by atoms with E-state index in [4.69, 9.17) is 5.26 Å². The lowest BCUT2D eigenvalue weighted by molar-refractivity contribution is -0.186. The molecule has 2 unspecified atom stereocenters. The summed E-state index contributed by atoms with van der Waals surface area (Å²) < 4.78 is 54.3. The summed E-state index contributed by atoms with van der Waals surface area (Å²) in [4.78, 5) is 3.86. The van der Waals surface area contributed by atoms with E-state index >= 15 is 0 Å². The van der Waals surface area contributed by atoms with Crippen molar-refractivity contribution in [3.05, 3.63) is 29.5 Å². The van der Waals surface area contributed by atoms with Crippen molar-refractivity contribution in [3.63, 3.8) is 0 Å². The molecule has 0 spiro atoms. The van der Waals surface area contributed by atoms with Crippen LogP contribution in [-0.4, -0.2) is 20.8 Å². The number of rotatable bonds is 0. The van der Waals surface area contributed by atoms with Crippen molar-refractivity contribution < 1.29 is 17.6 Å². The first kappa shape index (κ1) is 12.8. The maximum atomic E-state index is 13.4. The van der Waals surface area contributed by atoms with Gasteiger partial charge in [-0.2, -0.15) is 22.8 Å². The van der Waals surface area contributed by atoms with E-state index in [1.165, 1.54) is 6.20 Å². The lowest BCUT2D eigenvalue weighted by Gasteiger charge is -2.28. The van der Waals surface area contributed by atoms with Crippen molar-refractivity contribution >= 4 is 5.65 Å². The van der Waals surface area contributed by atoms with E-state index in [1.807, 2.05) is 6.07 Å². The van der Waals surface area contributed by atoms with Gasteiger partial charge in [-0.3, -0.25) is 0 Å². The van der Waals surface area contributed by atoms with Gasteiger partial charge in [0, 0.05) is 17.8 Å². The zero-order chi connectivity index (χ0) is 14.7. The van der Waals surface area contributed by atoms with Crippen LogP contribution in [0.3, 0.4) is 0 Å². The highest BCUT2D eigenvalue weighted by atomic mass is 19.4. The third-order valence-corrected chi connectivity index (χ3v) is 3.77. The Labute approximate surface area is 110 Å². The largest absolute Gasteiger partial charge is 0.399 e. The van der Waals surface area contributed by atoms with Crippen molar-refractivity contribution in [1.29, 1.82) is 5.26 Å². The average molecular weight is 284 g/mol. The number of fused-ring (bicyclic) bond motifs is 3. The van der Waals surface area contributed by atoms with Crippen LogP contribution in [0.4, 0.5) is 17.6 Å². The van der Waals surface area contributed by atoms with Gasteiger partial charge in [0.2, 0.25) is 5.95 Å². The van der Waals surface area contributed by atoms with E-state index in [-0.39, 0.29) is 16.9 Å². The zero-order valence-corrected chi connectivity index (χ0v) is 10.2. The molecule has 0 aliphatic heterocycles. The van der Waals surface area contributed by atoms with Crippen molar-refractivity contribution in [1.82, 2.24) is 14.6 Å². The fourth-order valence-corrected chi connectivity index (χ4v) is 2.71. The van der Waals surface area contributed by atoms with E-state index in [0.29, 0.717) is 0 Å². The number of nitriles is 1. The Hall–Kier alpha value is -2.17. The van der Waals surface area contributed by atoms with Gasteiger partial charge in [0.1, 0.15) is 5.41 Å². The first-order valence-corrected chi connectivity index (χ1v) is 5.79. The van der Waals surface area contributed by atoms with Crippen LogP contribution in [0.5, 0.6) is 0 Å². The summed E-state index contributed by atoms with van der Waals surface area (Å²) in [6, 6.07) is 2.80. The highest BCUT2D eigenvalue weighted by Crippen LogP contribution is 2.53. The second-order valence-electron chi connectivity index (χ2n) is 5.01. The molecule has 0 bridgehead atoms. The first-order chi connectivity index (χ1) is 9.28. The van der Waals surface area contributed by atoms with Crippen molar-refractivity contribution in [2.75, 3.05) is 0 Å². The number of aromatic nitrogens is 3. The molecule has 1 aliphatic rings. The lowest BCUT2D eigenvalue weighted by atomic mass is 9.85. The van der Waals surface area contributed by atoms with Gasteiger partial charge in [-0.1, -0.05) is 0 Å². The molecular weight excluding hydrogens is 276 g/mol. The predicted octanol–water partition coefficient (Wildman–Crippen LogP) is 2.70. The molecule has 2 atom stereocenters. The molecule has 2 aromatic rings. The smallest absolute Gasteiger partial charge is 0.237 e. The number of alkyl halides is 3. The third kappa shape index (κ3) is 1.46. The van der Waals surface area contributed by atoms with Gasteiger partial charge in [-0.15, -0.1) is 5.10 Å². The van der Waals surface area contributed by atoms with Gasteiger partial charge in [-0.05, 0) is 13.3 Å². The van der Waals surface area contributed by atoms with Gasteiger partial charge in [0.15, 0.2) is 5.65 Å². The standard InChI is InChI=1S/C12H8F4N4/c1-11(12(14,15)16)3-6(4-17)7-5-18-9-2-8(13)19-20(9)10(7)11/h2,5-6H,3H2,1H3. The number of hydrogen-bond donors (Lipinski definition) is 0. The molecule has 104 valence electrons. The zero-order valence-electron chi connectivity index (χ0n) is 10.2. The minimum atomic E-state index is -4.57. The molecule has 3 rings (SSSR count). The predicted molar refractivity (Wildman–Crippen MR) is 59.3 cm³/mol. The number of nitrogens with zero attached hydrogens (tertiary/aromatic N) is 4. The summed E-state index contributed by atoms with van der Waals surface area (Å²) in [7, 11) is 0. The quantitative estimate of drug-likeness (QED) is 0.699. The van der Waals surface area contributed by atoms with Crippen molar-refractivity contribution in [2.45, 2.75) is 30.9 Å². The second-order valence-corrected chi connectivity index (χ2v) is 5.01. The molecule has 0 fully saturated rings. The number of hydrogen-bond acceptors (Lipinski definition) is 3. The minimum Gasteiger partial charge on any atom is -0.237 e. The van der Waals surface area contributed by atoms with Crippen LogP contribution in [0, 0.1) is 17.3 Å². The third-order valence-electron chi connectivity index (χ3n) is 3.77. The van der Waals surface area contributed by atoms with E-state index < -0.39 is 29.9 Å². The monoisotopic (exact) mass is 284 g/mol. The highest BCUT2D eigenvalue weighted by molar-refractivity contribution is 5.48. The topological polar surface area (TPSA) is 54.0 Å². The second kappa shape index (κ2) is 3.69. The Morgan fingerprint density at radius 3 is 2.80 bits per heavy atom.